The Labute approximate surface area is 44.8 Å². The molecule has 0 rings (SSSR count). The van der Waals surface area contributed by atoms with Crippen molar-refractivity contribution in [3.8, 4) is 0 Å². The highest BCUT2D eigenvalue weighted by molar-refractivity contribution is 4.82. The summed E-state index contributed by atoms with van der Waals surface area (Å²) in [6.07, 6.45) is 0. The quantitative estimate of drug-likeness (QED) is 0.511. The molecule has 1 N–H and O–H groups in total. The number of nitrogens with zero attached hydrogens (tertiary/aromatic N) is 1. The fourth-order valence-electron chi connectivity index (χ4n) is 0.191. The highest BCUT2D eigenvalue weighted by atomic mass is 15.5. The first-order chi connectivity index (χ1) is 3.18. The van der Waals surface area contributed by atoms with Crippen molar-refractivity contribution >= 4 is 0 Å². The van der Waals surface area contributed by atoms with Crippen molar-refractivity contribution in [2.24, 2.45) is 0 Å². The molecule has 0 unspecified atom stereocenters. The van der Waals surface area contributed by atoms with Crippen molar-refractivity contribution in [1.29, 1.82) is 0 Å². The molecule has 0 aliphatic carbocycles. The molecule has 0 aromatic rings. The number of allylic oxidation sites excluding steroid dienone is 1. The average Bonchev–Trinajstić information content (AvgIpc) is 1.65. The third kappa shape index (κ3) is 2.23. The van der Waals surface area contributed by atoms with Crippen LogP contribution in [0.5, 0.6) is 0 Å². The summed E-state index contributed by atoms with van der Waals surface area (Å²) in [6.45, 7) is 5.63. The molecule has 0 saturated carbocycles. The molecule has 0 atom stereocenters. The molecule has 0 aliphatic heterocycles. The standard InChI is InChI=1S/C5H12N2/c1-5(2)7(4)6-3/h6H,1H2,2-4H3. The molecule has 2 nitrogen and oxygen atoms in total. The highest BCUT2D eigenvalue weighted by Gasteiger charge is 1.85. The first-order valence-electron chi connectivity index (χ1n) is 2.25. The lowest BCUT2D eigenvalue weighted by Gasteiger charge is -2.15. The molecular weight excluding hydrogens is 88.1 g/mol. The largest absolute Gasteiger partial charge is 0.317 e. The molecule has 0 aromatic heterocycles. The molecule has 0 spiro atoms. The molecule has 2 heteroatoms. The summed E-state index contributed by atoms with van der Waals surface area (Å²) < 4.78 is 0. The molecule has 0 amide bonds. The van der Waals surface area contributed by atoms with Crippen molar-refractivity contribution in [1.82, 2.24) is 10.4 Å². The zero-order valence-electron chi connectivity index (χ0n) is 5.15. The normalized spacial score (nSPS) is 8.43. The highest BCUT2D eigenvalue weighted by Crippen LogP contribution is 1.86. The van der Waals surface area contributed by atoms with Crippen molar-refractivity contribution in [3.05, 3.63) is 12.3 Å². The molecular formula is C5H12N2. The summed E-state index contributed by atoms with van der Waals surface area (Å²) in [5.41, 5.74) is 3.91. The van der Waals surface area contributed by atoms with Gasteiger partial charge in [0.25, 0.3) is 0 Å². The van der Waals surface area contributed by atoms with Crippen LogP contribution in [0.25, 0.3) is 0 Å². The summed E-state index contributed by atoms with van der Waals surface area (Å²) in [6, 6.07) is 0. The Hall–Kier alpha value is -0.500. The lowest BCUT2D eigenvalue weighted by atomic mass is 10.6. The summed E-state index contributed by atoms with van der Waals surface area (Å²) in [7, 11) is 3.77. The van der Waals surface area contributed by atoms with Gasteiger partial charge in [-0.1, -0.05) is 6.58 Å². The third-order valence-corrected chi connectivity index (χ3v) is 0.908. The summed E-state index contributed by atoms with van der Waals surface area (Å²) >= 11 is 0. The van der Waals surface area contributed by atoms with Gasteiger partial charge in [-0.3, -0.25) is 0 Å². The van der Waals surface area contributed by atoms with Gasteiger partial charge in [-0.2, -0.15) is 0 Å². The van der Waals surface area contributed by atoms with Gasteiger partial charge >= 0.3 is 0 Å². The maximum Gasteiger partial charge on any atom is 0.0228 e. The molecule has 7 heavy (non-hydrogen) atoms. The van der Waals surface area contributed by atoms with Crippen LogP contribution in [0.3, 0.4) is 0 Å². The minimum absolute atomic E-state index is 1.02. The number of rotatable bonds is 2. The van der Waals surface area contributed by atoms with Crippen LogP contribution in [-0.4, -0.2) is 19.1 Å². The Kier molecular flexibility index (Phi) is 2.45. The predicted octanol–water partition coefficient (Wildman–Crippen LogP) is 0.586. The van der Waals surface area contributed by atoms with Crippen LogP contribution < -0.4 is 5.43 Å². The summed E-state index contributed by atoms with van der Waals surface area (Å²) in [4.78, 5) is 0. The van der Waals surface area contributed by atoms with E-state index in [1.165, 1.54) is 0 Å². The van der Waals surface area contributed by atoms with E-state index in [4.69, 9.17) is 0 Å². The van der Waals surface area contributed by atoms with E-state index < -0.39 is 0 Å². The smallest absolute Gasteiger partial charge is 0.0228 e. The average molecular weight is 100 g/mol. The second-order valence-electron chi connectivity index (χ2n) is 1.52. The molecule has 0 aliphatic rings. The van der Waals surface area contributed by atoms with Gasteiger partial charge in [0.1, 0.15) is 0 Å². The van der Waals surface area contributed by atoms with Crippen molar-refractivity contribution in [3.63, 3.8) is 0 Å². The van der Waals surface area contributed by atoms with Crippen molar-refractivity contribution < 1.29 is 0 Å². The van der Waals surface area contributed by atoms with E-state index in [-0.39, 0.29) is 0 Å². The van der Waals surface area contributed by atoms with E-state index in [1.807, 2.05) is 26.0 Å². The Balaban J connectivity index is 3.34. The van der Waals surface area contributed by atoms with Gasteiger partial charge in [0.2, 0.25) is 0 Å². The number of hydrazine groups is 1. The van der Waals surface area contributed by atoms with E-state index in [1.54, 1.807) is 0 Å². The van der Waals surface area contributed by atoms with Crippen LogP contribution in [0.4, 0.5) is 0 Å². The Morgan fingerprint density at radius 3 is 2.14 bits per heavy atom. The maximum absolute atomic E-state index is 3.69. The van der Waals surface area contributed by atoms with Gasteiger partial charge in [0.15, 0.2) is 0 Å². The molecule has 0 bridgehead atoms. The van der Waals surface area contributed by atoms with Gasteiger partial charge < -0.3 is 5.01 Å². The van der Waals surface area contributed by atoms with E-state index in [9.17, 15) is 0 Å². The first kappa shape index (κ1) is 6.50. The van der Waals surface area contributed by atoms with Crippen molar-refractivity contribution in [2.75, 3.05) is 14.1 Å². The van der Waals surface area contributed by atoms with E-state index >= 15 is 0 Å². The minimum atomic E-state index is 1.02. The van der Waals surface area contributed by atoms with Gasteiger partial charge in [-0.15, -0.1) is 0 Å². The molecule has 0 heterocycles. The van der Waals surface area contributed by atoms with E-state index in [2.05, 4.69) is 12.0 Å². The minimum Gasteiger partial charge on any atom is -0.317 e. The Morgan fingerprint density at radius 1 is 1.71 bits per heavy atom. The van der Waals surface area contributed by atoms with E-state index in [0.717, 1.165) is 5.70 Å². The zero-order valence-corrected chi connectivity index (χ0v) is 5.15. The monoisotopic (exact) mass is 100 g/mol. The maximum atomic E-state index is 3.69. The summed E-state index contributed by atoms with van der Waals surface area (Å²) in [5.74, 6) is 0. The molecule has 0 aromatic carbocycles. The summed E-state index contributed by atoms with van der Waals surface area (Å²) in [5, 5.41) is 1.85. The molecule has 0 radical (unpaired) electrons. The van der Waals surface area contributed by atoms with Crippen LogP contribution in [0, 0.1) is 0 Å². The lowest BCUT2D eigenvalue weighted by molar-refractivity contribution is 0.335. The Morgan fingerprint density at radius 2 is 2.14 bits per heavy atom. The van der Waals surface area contributed by atoms with Gasteiger partial charge in [-0.25, -0.2) is 5.43 Å². The zero-order chi connectivity index (χ0) is 5.86. The fraction of sp³-hybridized carbons (Fsp3) is 0.600. The van der Waals surface area contributed by atoms with Gasteiger partial charge in [0.05, 0.1) is 0 Å². The number of nitrogens with one attached hydrogen (secondary N) is 1. The van der Waals surface area contributed by atoms with Crippen LogP contribution in [0.15, 0.2) is 12.3 Å². The predicted molar refractivity (Wildman–Crippen MR) is 31.6 cm³/mol. The molecule has 0 saturated heterocycles. The first-order valence-corrected chi connectivity index (χ1v) is 2.25. The second kappa shape index (κ2) is 2.64. The number of hydrogen-bond donors (Lipinski definition) is 1. The van der Waals surface area contributed by atoms with E-state index in [0.29, 0.717) is 0 Å². The molecule has 0 fully saturated rings. The Bertz CT molecular complexity index is 68.5. The molecule has 42 valence electrons. The number of hydrogen-bond acceptors (Lipinski definition) is 2. The van der Waals surface area contributed by atoms with Crippen LogP contribution in [0.1, 0.15) is 6.92 Å². The van der Waals surface area contributed by atoms with Gasteiger partial charge in [0, 0.05) is 19.8 Å². The van der Waals surface area contributed by atoms with Crippen molar-refractivity contribution in [2.45, 2.75) is 6.92 Å². The van der Waals surface area contributed by atoms with Crippen LogP contribution in [0.2, 0.25) is 0 Å². The topological polar surface area (TPSA) is 15.3 Å². The van der Waals surface area contributed by atoms with Crippen LogP contribution >= 0.6 is 0 Å². The lowest BCUT2D eigenvalue weighted by Crippen LogP contribution is -2.27. The SMILES string of the molecule is C=C(C)N(C)NC. The second-order valence-corrected chi connectivity index (χ2v) is 1.52. The van der Waals surface area contributed by atoms with Crippen LogP contribution in [-0.2, 0) is 0 Å². The fourth-order valence-corrected chi connectivity index (χ4v) is 0.191. The van der Waals surface area contributed by atoms with Gasteiger partial charge in [-0.05, 0) is 6.92 Å². The third-order valence-electron chi connectivity index (χ3n) is 0.908.